The highest BCUT2D eigenvalue weighted by Crippen LogP contribution is 2.45. The molecule has 2 atom stereocenters. The summed E-state index contributed by atoms with van der Waals surface area (Å²) in [6.45, 7) is 5.82. The number of halogens is 1. The smallest absolute Gasteiger partial charge is 0.223 e. The van der Waals surface area contributed by atoms with Crippen molar-refractivity contribution in [2.75, 3.05) is 6.26 Å². The van der Waals surface area contributed by atoms with Crippen LogP contribution in [-0.4, -0.2) is 45.3 Å². The third-order valence-corrected chi connectivity index (χ3v) is 9.27. The zero-order valence-corrected chi connectivity index (χ0v) is 20.5. The number of nitrogens with zero attached hydrogens (tertiary/aromatic N) is 2. The Morgan fingerprint density at radius 2 is 1.90 bits per heavy atom. The molecule has 0 radical (unpaired) electrons. The second kappa shape index (κ2) is 8.33. The first-order valence-electron chi connectivity index (χ1n) is 10.4. The van der Waals surface area contributed by atoms with Gasteiger partial charge < -0.3 is 9.29 Å². The first kappa shape index (κ1) is 23.0. The van der Waals surface area contributed by atoms with Gasteiger partial charge in [-0.15, -0.1) is 4.72 Å². The maximum Gasteiger partial charge on any atom is 0.223 e. The van der Waals surface area contributed by atoms with E-state index in [1.54, 1.807) is 18.5 Å². The van der Waals surface area contributed by atoms with Crippen LogP contribution in [0, 0.1) is 5.92 Å². The van der Waals surface area contributed by atoms with E-state index in [2.05, 4.69) is 14.7 Å². The molecule has 2 heterocycles. The van der Waals surface area contributed by atoms with Crippen molar-refractivity contribution >= 4 is 43.6 Å². The van der Waals surface area contributed by atoms with Crippen molar-refractivity contribution in [2.45, 2.75) is 68.6 Å². The molecule has 0 saturated heterocycles. The Morgan fingerprint density at radius 1 is 1.23 bits per heavy atom. The summed E-state index contributed by atoms with van der Waals surface area (Å²) in [5.41, 5.74) is 0.925. The normalized spacial score (nSPS) is 23.9. The zero-order valence-electron chi connectivity index (χ0n) is 18.1. The van der Waals surface area contributed by atoms with Crippen molar-refractivity contribution in [2.24, 2.45) is 5.92 Å². The first-order valence-corrected chi connectivity index (χ1v) is 13.9. The van der Waals surface area contributed by atoms with E-state index in [1.165, 1.54) is 6.26 Å². The molecule has 2 aliphatic rings. The molecule has 7 nitrogen and oxygen atoms in total. The maximum absolute atomic E-state index is 12.8. The van der Waals surface area contributed by atoms with E-state index < -0.39 is 21.2 Å². The van der Waals surface area contributed by atoms with Gasteiger partial charge in [0.2, 0.25) is 5.88 Å². The summed E-state index contributed by atoms with van der Waals surface area (Å²) >= 11 is 4.98. The summed E-state index contributed by atoms with van der Waals surface area (Å²) in [4.78, 5) is 8.76. The summed E-state index contributed by atoms with van der Waals surface area (Å²) in [6, 6.07) is 1.68. The number of aromatic nitrogens is 2. The monoisotopic (exact) mass is 485 g/mol. The molecule has 0 aromatic carbocycles. The standard InChI is InChI=1S/C21H28ClN3O4S2/c1-21(2,3)30(26)25-19(12-5-6-12)16-10-24-20(17-11-23-18(22)9-15(16)17)29-13-7-14(8-13)31(4,27)28/h9-14,19,25H,5-8H2,1-4H3/t13-,14+,19?,30?. The number of rotatable bonds is 7. The summed E-state index contributed by atoms with van der Waals surface area (Å²) in [5, 5.41) is 1.59. The first-order chi connectivity index (χ1) is 14.4. The van der Waals surface area contributed by atoms with Crippen LogP contribution in [0.3, 0.4) is 0 Å². The quantitative estimate of drug-likeness (QED) is 0.470. The van der Waals surface area contributed by atoms with Gasteiger partial charge >= 0.3 is 0 Å². The van der Waals surface area contributed by atoms with Crippen LogP contribution in [-0.2, 0) is 21.2 Å². The minimum absolute atomic E-state index is 0.110. The Balaban J connectivity index is 1.64. The molecule has 10 heteroatoms. The highest BCUT2D eigenvalue weighted by molar-refractivity contribution is 7.91. The third kappa shape index (κ3) is 5.11. The van der Waals surface area contributed by atoms with Gasteiger partial charge in [0, 0.05) is 48.4 Å². The molecule has 2 saturated carbocycles. The van der Waals surface area contributed by atoms with Crippen molar-refractivity contribution in [3.8, 4) is 5.88 Å². The van der Waals surface area contributed by atoms with Gasteiger partial charge in [-0.05, 0) is 51.0 Å². The highest BCUT2D eigenvalue weighted by Gasteiger charge is 2.40. The Hall–Kier alpha value is -1.13. The zero-order chi connectivity index (χ0) is 22.6. The SMILES string of the molecule is CC(C)(C)[S+]([O-])NC(c1cnc(O[C@H]2C[C@@H](S(C)(=O)=O)C2)c2cnc(Cl)cc12)C1CC1. The predicted molar refractivity (Wildman–Crippen MR) is 123 cm³/mol. The number of ether oxygens (including phenoxy) is 1. The van der Waals surface area contributed by atoms with Crippen LogP contribution in [0.4, 0.5) is 0 Å². The fourth-order valence-corrected chi connectivity index (χ4v) is 5.89. The lowest BCUT2D eigenvalue weighted by molar-refractivity contribution is 0.119. The minimum atomic E-state index is -3.05. The number of hydrogen-bond donors (Lipinski definition) is 1. The van der Waals surface area contributed by atoms with Crippen LogP contribution in [0.25, 0.3) is 10.8 Å². The van der Waals surface area contributed by atoms with Crippen molar-refractivity contribution in [3.05, 3.63) is 29.2 Å². The Bertz CT molecular complexity index is 1080. The van der Waals surface area contributed by atoms with Gasteiger partial charge in [0.15, 0.2) is 9.84 Å². The number of hydrogen-bond acceptors (Lipinski definition) is 7. The number of pyridine rings is 2. The van der Waals surface area contributed by atoms with Crippen molar-refractivity contribution in [3.63, 3.8) is 0 Å². The number of sulfone groups is 1. The molecule has 2 fully saturated rings. The largest absolute Gasteiger partial charge is 0.598 e. The lowest BCUT2D eigenvalue weighted by Crippen LogP contribution is -2.42. The Kier molecular flexibility index (Phi) is 6.20. The van der Waals surface area contributed by atoms with Crippen LogP contribution in [0.5, 0.6) is 5.88 Å². The molecule has 1 N–H and O–H groups in total. The topological polar surface area (TPSA) is 104 Å². The van der Waals surface area contributed by atoms with Gasteiger partial charge in [0.05, 0.1) is 16.7 Å². The van der Waals surface area contributed by atoms with Gasteiger partial charge in [0.1, 0.15) is 16.0 Å². The average Bonchev–Trinajstić information content (AvgIpc) is 3.45. The summed E-state index contributed by atoms with van der Waals surface area (Å²) in [6.07, 6.45) is 7.51. The molecule has 2 unspecified atom stereocenters. The Labute approximate surface area is 191 Å². The molecule has 0 bridgehead atoms. The molecule has 0 aliphatic heterocycles. The number of fused-ring (bicyclic) bond motifs is 1. The van der Waals surface area contributed by atoms with Crippen molar-refractivity contribution in [1.82, 2.24) is 14.7 Å². The lowest BCUT2D eigenvalue weighted by Gasteiger charge is -2.34. The van der Waals surface area contributed by atoms with Crippen molar-refractivity contribution in [1.29, 1.82) is 0 Å². The number of nitrogens with one attached hydrogen (secondary N) is 1. The van der Waals surface area contributed by atoms with Crippen LogP contribution < -0.4 is 9.46 Å². The lowest BCUT2D eigenvalue weighted by atomic mass is 9.95. The maximum atomic E-state index is 12.8. The third-order valence-electron chi connectivity index (χ3n) is 5.89. The molecular weight excluding hydrogens is 458 g/mol. The predicted octanol–water partition coefficient (Wildman–Crippen LogP) is 3.74. The molecule has 4 rings (SSSR count). The van der Waals surface area contributed by atoms with Gasteiger partial charge in [-0.1, -0.05) is 11.6 Å². The van der Waals surface area contributed by atoms with E-state index in [-0.39, 0.29) is 22.1 Å². The van der Waals surface area contributed by atoms with E-state index >= 15 is 0 Å². The fourth-order valence-electron chi connectivity index (χ4n) is 3.70. The molecule has 170 valence electrons. The molecule has 0 spiro atoms. The van der Waals surface area contributed by atoms with Crippen LogP contribution in [0.15, 0.2) is 18.5 Å². The summed E-state index contributed by atoms with van der Waals surface area (Å²) in [5.74, 6) is 0.809. The van der Waals surface area contributed by atoms with Crippen molar-refractivity contribution < 1.29 is 17.7 Å². The van der Waals surface area contributed by atoms with Gasteiger partial charge in [-0.3, -0.25) is 0 Å². The summed E-state index contributed by atoms with van der Waals surface area (Å²) < 4.78 is 45.1. The fraction of sp³-hybridized carbons (Fsp3) is 0.619. The van der Waals surface area contributed by atoms with E-state index in [0.717, 1.165) is 29.2 Å². The van der Waals surface area contributed by atoms with Gasteiger partial charge in [-0.2, -0.15) is 0 Å². The van der Waals surface area contributed by atoms with Crippen LogP contribution >= 0.6 is 11.6 Å². The molecular formula is C21H28ClN3O4S2. The van der Waals surface area contributed by atoms with E-state index in [9.17, 15) is 13.0 Å². The van der Waals surface area contributed by atoms with E-state index in [1.807, 2.05) is 20.8 Å². The van der Waals surface area contributed by atoms with E-state index in [4.69, 9.17) is 16.3 Å². The second-order valence-electron chi connectivity index (χ2n) is 9.55. The molecule has 2 aliphatic carbocycles. The molecule has 2 aromatic rings. The summed E-state index contributed by atoms with van der Waals surface area (Å²) in [7, 11) is -3.05. The van der Waals surface area contributed by atoms with Gasteiger partial charge in [-0.25, -0.2) is 18.4 Å². The second-order valence-corrected chi connectivity index (χ2v) is 14.3. The van der Waals surface area contributed by atoms with E-state index in [0.29, 0.717) is 29.8 Å². The van der Waals surface area contributed by atoms with Crippen LogP contribution in [0.2, 0.25) is 5.15 Å². The molecule has 0 amide bonds. The minimum Gasteiger partial charge on any atom is -0.598 e. The molecule has 2 aromatic heterocycles. The van der Waals surface area contributed by atoms with Gasteiger partial charge in [0.25, 0.3) is 0 Å². The molecule has 31 heavy (non-hydrogen) atoms. The Morgan fingerprint density at radius 3 is 2.48 bits per heavy atom. The highest BCUT2D eigenvalue weighted by atomic mass is 35.5. The van der Waals surface area contributed by atoms with Crippen LogP contribution in [0.1, 0.15) is 58.1 Å². The average molecular weight is 486 g/mol.